The molecule has 0 saturated carbocycles. The molecule has 0 radical (unpaired) electrons. The summed E-state index contributed by atoms with van der Waals surface area (Å²) in [6.45, 7) is 2.99. The number of nitrogens with zero attached hydrogens (tertiary/aromatic N) is 2. The number of benzene rings is 1. The Labute approximate surface area is 147 Å². The van der Waals surface area contributed by atoms with E-state index in [4.69, 9.17) is 11.6 Å². The van der Waals surface area contributed by atoms with Crippen molar-refractivity contribution < 1.29 is 4.39 Å². The largest absolute Gasteiger partial charge is 0.314 e. The Bertz CT molecular complexity index is 606. The summed E-state index contributed by atoms with van der Waals surface area (Å²) in [6.07, 6.45) is 0. The van der Waals surface area contributed by atoms with Crippen LogP contribution in [0.1, 0.15) is 11.6 Å². The number of halogens is 4. The van der Waals surface area contributed by atoms with Gasteiger partial charge in [0.2, 0.25) is 0 Å². The van der Waals surface area contributed by atoms with Gasteiger partial charge in [-0.2, -0.15) is 0 Å². The molecule has 1 aliphatic heterocycles. The summed E-state index contributed by atoms with van der Waals surface area (Å²) in [4.78, 5) is 6.53. The molecule has 1 aromatic heterocycles. The maximum atomic E-state index is 13.6. The normalized spacial score (nSPS) is 16.6. The van der Waals surface area contributed by atoms with E-state index in [0.29, 0.717) is 5.15 Å². The molecule has 2 heterocycles. The first-order chi connectivity index (χ1) is 9.79. The number of piperazine rings is 1. The van der Waals surface area contributed by atoms with Gasteiger partial charge in [-0.05, 0) is 12.1 Å². The zero-order valence-electron chi connectivity index (χ0n) is 12.0. The molecule has 122 valence electrons. The Morgan fingerprint density at radius 3 is 2.59 bits per heavy atom. The fraction of sp³-hybridized carbons (Fsp3) is 0.400. The topological polar surface area (TPSA) is 28.2 Å². The van der Waals surface area contributed by atoms with Gasteiger partial charge in [0.15, 0.2) is 0 Å². The molecule has 1 atom stereocenters. The predicted molar refractivity (Wildman–Crippen MR) is 94.4 cm³/mol. The molecule has 2 aromatic rings. The van der Waals surface area contributed by atoms with Crippen LogP contribution < -0.4 is 5.32 Å². The van der Waals surface area contributed by atoms with Crippen molar-refractivity contribution in [3.63, 3.8) is 0 Å². The van der Waals surface area contributed by atoms with Crippen LogP contribution in [-0.2, 0) is 0 Å². The third-order valence-electron chi connectivity index (χ3n) is 3.80. The molecule has 22 heavy (non-hydrogen) atoms. The molecular formula is C15H19Cl3FN3. The van der Waals surface area contributed by atoms with E-state index < -0.39 is 6.67 Å². The van der Waals surface area contributed by atoms with Gasteiger partial charge in [-0.25, -0.2) is 9.37 Å². The zero-order valence-corrected chi connectivity index (χ0v) is 14.4. The van der Waals surface area contributed by atoms with Gasteiger partial charge in [0, 0.05) is 37.1 Å². The summed E-state index contributed by atoms with van der Waals surface area (Å²) in [5, 5.41) is 4.68. The highest BCUT2D eigenvalue weighted by Gasteiger charge is 2.24. The Hall–Kier alpha value is -0.650. The van der Waals surface area contributed by atoms with E-state index in [2.05, 4.69) is 15.2 Å². The molecule has 0 bridgehead atoms. The molecule has 3 nitrogen and oxygen atoms in total. The lowest BCUT2D eigenvalue weighted by Crippen LogP contribution is -2.45. The van der Waals surface area contributed by atoms with E-state index in [1.165, 1.54) is 0 Å². The van der Waals surface area contributed by atoms with Gasteiger partial charge in [0.1, 0.15) is 11.8 Å². The van der Waals surface area contributed by atoms with Crippen LogP contribution in [0.15, 0.2) is 30.3 Å². The van der Waals surface area contributed by atoms with Crippen LogP contribution >= 0.6 is 36.4 Å². The van der Waals surface area contributed by atoms with E-state index in [9.17, 15) is 4.39 Å². The number of rotatable bonds is 3. The first kappa shape index (κ1) is 19.4. The van der Waals surface area contributed by atoms with Crippen LogP contribution in [0.5, 0.6) is 0 Å². The maximum absolute atomic E-state index is 13.6. The zero-order chi connectivity index (χ0) is 13.9. The number of nitrogens with one attached hydrogen (secondary N) is 1. The summed E-state index contributed by atoms with van der Waals surface area (Å²) in [5.41, 5.74) is 1.63. The molecule has 3 rings (SSSR count). The van der Waals surface area contributed by atoms with Crippen LogP contribution in [0, 0.1) is 0 Å². The molecule has 1 fully saturated rings. The van der Waals surface area contributed by atoms with E-state index in [0.717, 1.165) is 42.6 Å². The molecule has 0 spiro atoms. The molecular weight excluding hydrogens is 348 g/mol. The number of para-hydroxylation sites is 1. The number of aromatic nitrogens is 1. The van der Waals surface area contributed by atoms with Gasteiger partial charge in [-0.3, -0.25) is 4.90 Å². The summed E-state index contributed by atoms with van der Waals surface area (Å²) in [6, 6.07) is 9.44. The number of hydrogen-bond acceptors (Lipinski definition) is 3. The first-order valence-corrected chi connectivity index (χ1v) is 7.23. The second kappa shape index (κ2) is 8.85. The number of fused-ring (bicyclic) bond motifs is 1. The Morgan fingerprint density at radius 1 is 1.23 bits per heavy atom. The summed E-state index contributed by atoms with van der Waals surface area (Å²) in [5.74, 6) is 0. The second-order valence-electron chi connectivity index (χ2n) is 5.02. The SMILES string of the molecule is Cl.Cl.FC[C@H](c1cc2ccccc2nc1Cl)N1CCNCC1. The average molecular weight is 367 g/mol. The minimum absolute atomic E-state index is 0. The van der Waals surface area contributed by atoms with Gasteiger partial charge in [0.25, 0.3) is 0 Å². The van der Waals surface area contributed by atoms with Crippen molar-refractivity contribution >= 4 is 47.3 Å². The standard InChI is InChI=1S/C15H17ClFN3.2ClH/c16-15-12(9-11-3-1-2-4-13(11)19-15)14(10-17)20-7-5-18-6-8-20;;/h1-4,9,14,18H,5-8,10H2;2*1H/t14-;;/m1../s1. The Morgan fingerprint density at radius 2 is 1.91 bits per heavy atom. The monoisotopic (exact) mass is 365 g/mol. The summed E-state index contributed by atoms with van der Waals surface area (Å²) < 4.78 is 13.6. The van der Waals surface area contributed by atoms with Crippen molar-refractivity contribution in [3.05, 3.63) is 41.0 Å². The van der Waals surface area contributed by atoms with Crippen molar-refractivity contribution in [2.45, 2.75) is 6.04 Å². The molecule has 0 aliphatic carbocycles. The highest BCUT2D eigenvalue weighted by atomic mass is 35.5. The Balaban J connectivity index is 0.00000121. The minimum atomic E-state index is -0.445. The molecule has 7 heteroatoms. The maximum Gasteiger partial charge on any atom is 0.134 e. The third-order valence-corrected chi connectivity index (χ3v) is 4.10. The molecule has 0 unspecified atom stereocenters. The van der Waals surface area contributed by atoms with Crippen molar-refractivity contribution in [1.82, 2.24) is 15.2 Å². The number of pyridine rings is 1. The van der Waals surface area contributed by atoms with Crippen LogP contribution in [0.2, 0.25) is 5.15 Å². The third kappa shape index (κ3) is 4.00. The number of hydrogen-bond donors (Lipinski definition) is 1. The second-order valence-corrected chi connectivity index (χ2v) is 5.38. The van der Waals surface area contributed by atoms with E-state index >= 15 is 0 Å². The van der Waals surface area contributed by atoms with Crippen molar-refractivity contribution in [1.29, 1.82) is 0 Å². The highest BCUT2D eigenvalue weighted by molar-refractivity contribution is 6.30. The van der Waals surface area contributed by atoms with Gasteiger partial charge in [-0.1, -0.05) is 29.8 Å². The summed E-state index contributed by atoms with van der Waals surface area (Å²) in [7, 11) is 0. The van der Waals surface area contributed by atoms with Gasteiger partial charge >= 0.3 is 0 Å². The fourth-order valence-corrected chi connectivity index (χ4v) is 2.99. The molecule has 0 amide bonds. The van der Waals surface area contributed by atoms with E-state index in [1.807, 2.05) is 30.3 Å². The lowest BCUT2D eigenvalue weighted by atomic mass is 10.1. The lowest BCUT2D eigenvalue weighted by Gasteiger charge is -2.33. The fourth-order valence-electron chi connectivity index (χ4n) is 2.71. The quantitative estimate of drug-likeness (QED) is 0.841. The molecule has 1 saturated heterocycles. The molecule has 1 aliphatic rings. The van der Waals surface area contributed by atoms with Crippen molar-refractivity contribution in [2.24, 2.45) is 0 Å². The smallest absolute Gasteiger partial charge is 0.134 e. The van der Waals surface area contributed by atoms with Crippen LogP contribution in [-0.4, -0.2) is 42.7 Å². The summed E-state index contributed by atoms with van der Waals surface area (Å²) >= 11 is 6.28. The average Bonchev–Trinajstić information content (AvgIpc) is 2.49. The minimum Gasteiger partial charge on any atom is -0.314 e. The van der Waals surface area contributed by atoms with Crippen LogP contribution in [0.25, 0.3) is 10.9 Å². The molecule has 1 N–H and O–H groups in total. The predicted octanol–water partition coefficient (Wildman–Crippen LogP) is 3.65. The number of alkyl halides is 1. The Kier molecular flexibility index (Phi) is 7.80. The van der Waals surface area contributed by atoms with Gasteiger partial charge in [0.05, 0.1) is 11.6 Å². The van der Waals surface area contributed by atoms with Crippen molar-refractivity contribution in [2.75, 3.05) is 32.9 Å². The van der Waals surface area contributed by atoms with Crippen LogP contribution in [0.4, 0.5) is 4.39 Å². The van der Waals surface area contributed by atoms with Crippen LogP contribution in [0.3, 0.4) is 0 Å². The van der Waals surface area contributed by atoms with Gasteiger partial charge in [-0.15, -0.1) is 24.8 Å². The van der Waals surface area contributed by atoms with Gasteiger partial charge < -0.3 is 5.32 Å². The van der Waals surface area contributed by atoms with E-state index in [1.54, 1.807) is 0 Å². The van der Waals surface area contributed by atoms with Crippen molar-refractivity contribution in [3.8, 4) is 0 Å². The molecule has 1 aromatic carbocycles. The first-order valence-electron chi connectivity index (χ1n) is 6.85. The lowest BCUT2D eigenvalue weighted by molar-refractivity contribution is 0.147. The highest BCUT2D eigenvalue weighted by Crippen LogP contribution is 2.30. The van der Waals surface area contributed by atoms with E-state index in [-0.39, 0.29) is 30.9 Å².